The fourth-order valence-electron chi connectivity index (χ4n) is 1.39. The Balaban J connectivity index is 3.99. The van der Waals surface area contributed by atoms with Crippen molar-refractivity contribution in [2.75, 3.05) is 20.8 Å². The molecule has 0 aliphatic rings. The molecule has 0 aliphatic heterocycles. The van der Waals surface area contributed by atoms with Crippen LogP contribution in [-0.4, -0.2) is 32.7 Å². The molecule has 0 saturated heterocycles. The minimum atomic E-state index is -0.230. The van der Waals surface area contributed by atoms with Crippen LogP contribution in [0.25, 0.3) is 0 Å². The summed E-state index contributed by atoms with van der Waals surface area (Å²) in [6.07, 6.45) is 2.33. The Morgan fingerprint density at radius 1 is 1.29 bits per heavy atom. The summed E-state index contributed by atoms with van der Waals surface area (Å²) in [6.45, 7) is 4.62. The maximum atomic E-state index is 11.8. The van der Waals surface area contributed by atoms with Gasteiger partial charge in [-0.1, -0.05) is 20.3 Å². The molecule has 0 heterocycles. The van der Waals surface area contributed by atoms with Gasteiger partial charge in [0, 0.05) is 26.7 Å². The van der Waals surface area contributed by atoms with Crippen LogP contribution in [0.3, 0.4) is 0 Å². The Labute approximate surface area is 86.8 Å². The van der Waals surface area contributed by atoms with Gasteiger partial charge in [-0.2, -0.15) is 0 Å². The van der Waals surface area contributed by atoms with Gasteiger partial charge in [0.15, 0.2) is 5.78 Å². The Morgan fingerprint density at radius 3 is 2.36 bits per heavy atom. The minimum absolute atomic E-state index is 0.0337. The zero-order valence-electron chi connectivity index (χ0n) is 9.71. The van der Waals surface area contributed by atoms with Crippen molar-refractivity contribution < 1.29 is 14.3 Å². The summed E-state index contributed by atoms with van der Waals surface area (Å²) in [6, 6.07) is 0. The van der Waals surface area contributed by atoms with Gasteiger partial charge in [0.1, 0.15) is 6.10 Å². The van der Waals surface area contributed by atoms with E-state index in [0.717, 1.165) is 19.3 Å². The van der Waals surface area contributed by atoms with Gasteiger partial charge in [0.05, 0.1) is 0 Å². The van der Waals surface area contributed by atoms with Gasteiger partial charge in [-0.3, -0.25) is 4.79 Å². The first-order chi connectivity index (χ1) is 6.67. The lowest BCUT2D eigenvalue weighted by Gasteiger charge is -2.17. The molecular formula is C11H22O3. The van der Waals surface area contributed by atoms with Crippen LogP contribution >= 0.6 is 0 Å². The summed E-state index contributed by atoms with van der Waals surface area (Å²) >= 11 is 0. The van der Waals surface area contributed by atoms with Crippen LogP contribution in [0.2, 0.25) is 0 Å². The first-order valence-corrected chi connectivity index (χ1v) is 5.22. The monoisotopic (exact) mass is 202 g/mol. The van der Waals surface area contributed by atoms with E-state index in [9.17, 15) is 4.79 Å². The second-order valence-corrected chi connectivity index (χ2v) is 3.60. The SMILES string of the molecule is CCCC(OC)C(=O)C(C)CCOC. The molecule has 0 aromatic carbocycles. The average molecular weight is 202 g/mol. The van der Waals surface area contributed by atoms with Crippen molar-refractivity contribution in [1.29, 1.82) is 0 Å². The maximum absolute atomic E-state index is 11.8. The van der Waals surface area contributed by atoms with Crippen LogP contribution in [0, 0.1) is 5.92 Å². The Bertz CT molecular complexity index is 157. The molecule has 3 nitrogen and oxygen atoms in total. The third kappa shape index (κ3) is 4.72. The zero-order valence-corrected chi connectivity index (χ0v) is 9.71. The Morgan fingerprint density at radius 2 is 1.93 bits per heavy atom. The second-order valence-electron chi connectivity index (χ2n) is 3.60. The van der Waals surface area contributed by atoms with E-state index in [0.29, 0.717) is 6.61 Å². The van der Waals surface area contributed by atoms with E-state index in [1.165, 1.54) is 0 Å². The van der Waals surface area contributed by atoms with Gasteiger partial charge in [-0.15, -0.1) is 0 Å². The van der Waals surface area contributed by atoms with Crippen LogP contribution in [0.1, 0.15) is 33.1 Å². The number of hydrogen-bond donors (Lipinski definition) is 0. The van der Waals surface area contributed by atoms with Crippen molar-refractivity contribution >= 4 is 5.78 Å². The number of carbonyl (C=O) groups is 1. The van der Waals surface area contributed by atoms with E-state index < -0.39 is 0 Å². The first-order valence-electron chi connectivity index (χ1n) is 5.22. The predicted octanol–water partition coefficient (Wildman–Crippen LogP) is 2.04. The lowest BCUT2D eigenvalue weighted by Crippen LogP contribution is -2.29. The van der Waals surface area contributed by atoms with E-state index >= 15 is 0 Å². The van der Waals surface area contributed by atoms with E-state index in [-0.39, 0.29) is 17.8 Å². The summed E-state index contributed by atoms with van der Waals surface area (Å²) in [5.74, 6) is 0.234. The molecule has 0 saturated carbocycles. The predicted molar refractivity (Wildman–Crippen MR) is 56.4 cm³/mol. The second kappa shape index (κ2) is 7.94. The van der Waals surface area contributed by atoms with E-state index in [1.807, 2.05) is 6.92 Å². The number of ketones is 1. The normalized spacial score (nSPS) is 15.1. The van der Waals surface area contributed by atoms with Gasteiger partial charge in [0.2, 0.25) is 0 Å². The summed E-state index contributed by atoms with van der Waals surface area (Å²) in [4.78, 5) is 11.8. The van der Waals surface area contributed by atoms with Crippen molar-refractivity contribution in [3.63, 3.8) is 0 Å². The smallest absolute Gasteiger partial charge is 0.164 e. The minimum Gasteiger partial charge on any atom is -0.385 e. The number of carbonyl (C=O) groups excluding carboxylic acids is 1. The molecule has 0 bridgehead atoms. The van der Waals surface area contributed by atoms with Gasteiger partial charge in [-0.25, -0.2) is 0 Å². The molecule has 0 N–H and O–H groups in total. The highest BCUT2D eigenvalue weighted by Gasteiger charge is 2.22. The largest absolute Gasteiger partial charge is 0.385 e. The van der Waals surface area contributed by atoms with Crippen molar-refractivity contribution in [2.45, 2.75) is 39.2 Å². The van der Waals surface area contributed by atoms with Gasteiger partial charge in [-0.05, 0) is 12.8 Å². The molecule has 0 spiro atoms. The molecular weight excluding hydrogens is 180 g/mol. The molecule has 3 heteroatoms. The number of Topliss-reactive ketones (excluding diaryl/α,β-unsaturated/α-hetero) is 1. The molecule has 0 radical (unpaired) electrons. The third-order valence-corrected chi connectivity index (χ3v) is 2.39. The molecule has 0 amide bonds. The first kappa shape index (κ1) is 13.6. The van der Waals surface area contributed by atoms with Gasteiger partial charge < -0.3 is 9.47 Å². The molecule has 0 aliphatic carbocycles. The van der Waals surface area contributed by atoms with Crippen LogP contribution in [0.15, 0.2) is 0 Å². The summed E-state index contributed by atoms with van der Waals surface area (Å²) in [7, 11) is 3.25. The average Bonchev–Trinajstić information content (AvgIpc) is 2.21. The van der Waals surface area contributed by atoms with Crippen LogP contribution in [0.4, 0.5) is 0 Å². The summed E-state index contributed by atoms with van der Waals surface area (Å²) in [5.41, 5.74) is 0. The number of hydrogen-bond acceptors (Lipinski definition) is 3. The lowest BCUT2D eigenvalue weighted by atomic mass is 9.96. The molecule has 14 heavy (non-hydrogen) atoms. The number of ether oxygens (including phenoxy) is 2. The van der Waals surface area contributed by atoms with Gasteiger partial charge in [0.25, 0.3) is 0 Å². The van der Waals surface area contributed by atoms with E-state index in [1.54, 1.807) is 14.2 Å². The fraction of sp³-hybridized carbons (Fsp3) is 0.909. The Kier molecular flexibility index (Phi) is 7.71. The van der Waals surface area contributed by atoms with Crippen LogP contribution < -0.4 is 0 Å². The fourth-order valence-corrected chi connectivity index (χ4v) is 1.39. The molecule has 2 unspecified atom stereocenters. The summed E-state index contributed by atoms with van der Waals surface area (Å²) < 4.78 is 10.1. The Hall–Kier alpha value is -0.410. The molecule has 0 rings (SSSR count). The molecule has 84 valence electrons. The highest BCUT2D eigenvalue weighted by atomic mass is 16.5. The standard InChI is InChI=1S/C11H22O3/c1-5-6-10(14-4)11(12)9(2)7-8-13-3/h9-10H,5-8H2,1-4H3. The highest BCUT2D eigenvalue weighted by Crippen LogP contribution is 2.12. The van der Waals surface area contributed by atoms with Crippen molar-refractivity contribution in [3.8, 4) is 0 Å². The van der Waals surface area contributed by atoms with Crippen LogP contribution in [0.5, 0.6) is 0 Å². The molecule has 0 aromatic heterocycles. The third-order valence-electron chi connectivity index (χ3n) is 2.39. The molecule has 2 atom stereocenters. The lowest BCUT2D eigenvalue weighted by molar-refractivity contribution is -0.133. The van der Waals surface area contributed by atoms with Crippen molar-refractivity contribution in [3.05, 3.63) is 0 Å². The van der Waals surface area contributed by atoms with Crippen molar-refractivity contribution in [1.82, 2.24) is 0 Å². The topological polar surface area (TPSA) is 35.5 Å². The molecule has 0 aromatic rings. The quantitative estimate of drug-likeness (QED) is 0.604. The zero-order chi connectivity index (χ0) is 11.0. The summed E-state index contributed by atoms with van der Waals surface area (Å²) in [5, 5.41) is 0. The van der Waals surface area contributed by atoms with Gasteiger partial charge >= 0.3 is 0 Å². The van der Waals surface area contributed by atoms with E-state index in [2.05, 4.69) is 6.92 Å². The highest BCUT2D eigenvalue weighted by molar-refractivity contribution is 5.85. The van der Waals surface area contributed by atoms with Crippen molar-refractivity contribution in [2.24, 2.45) is 5.92 Å². The van der Waals surface area contributed by atoms with Crippen LogP contribution in [-0.2, 0) is 14.3 Å². The van der Waals surface area contributed by atoms with E-state index in [4.69, 9.17) is 9.47 Å². The number of rotatable bonds is 8. The maximum Gasteiger partial charge on any atom is 0.164 e. The number of methoxy groups -OCH3 is 2. The molecule has 0 fully saturated rings.